The second kappa shape index (κ2) is 30.9. The van der Waals surface area contributed by atoms with Crippen LogP contribution in [0.15, 0.2) is 12.2 Å². The van der Waals surface area contributed by atoms with Gasteiger partial charge in [-0.15, -0.1) is 0 Å². The number of esters is 2. The highest BCUT2D eigenvalue weighted by molar-refractivity contribution is 7.47. The van der Waals surface area contributed by atoms with Crippen LogP contribution < -0.4 is 0 Å². The van der Waals surface area contributed by atoms with E-state index in [-0.39, 0.29) is 19.4 Å². The van der Waals surface area contributed by atoms with Crippen LogP contribution in [0.25, 0.3) is 0 Å². The molecule has 0 aromatic heterocycles. The van der Waals surface area contributed by atoms with Gasteiger partial charge in [0, 0.05) is 12.8 Å². The summed E-state index contributed by atoms with van der Waals surface area (Å²) in [7, 11) is -9.66. The zero-order valence-electron chi connectivity index (χ0n) is 33.2. The number of phosphoric ester groups is 2. The third-order valence-corrected chi connectivity index (χ3v) is 10.4. The monoisotopic (exact) mass is 814 g/mol. The third kappa shape index (κ3) is 32.0. The first-order valence-corrected chi connectivity index (χ1v) is 23.4. The Balaban J connectivity index is 2.38. The molecule has 1 aliphatic rings. The molecule has 1 aliphatic heterocycles. The SMILES string of the molecule is CCCCCC1OC1C/C=C\CCCCCCCC(=O)O[C@H](COC(=O)CCCCCCCCCCC(C)C)COP(=O)(O)OC[C@@H](O)COP(=O)(O)O. The lowest BCUT2D eigenvalue weighted by Gasteiger charge is -2.20. The van der Waals surface area contributed by atoms with E-state index >= 15 is 0 Å². The molecule has 0 radical (unpaired) electrons. The van der Waals surface area contributed by atoms with Crippen LogP contribution >= 0.6 is 15.6 Å². The van der Waals surface area contributed by atoms with Crippen molar-refractivity contribution in [3.05, 3.63) is 12.2 Å². The summed E-state index contributed by atoms with van der Waals surface area (Å²) < 4.78 is 53.4. The molecule has 1 heterocycles. The number of ether oxygens (including phenoxy) is 3. The highest BCUT2D eigenvalue weighted by atomic mass is 31.2. The van der Waals surface area contributed by atoms with Gasteiger partial charge in [0.05, 0.1) is 32.0 Å². The molecular formula is C38H72O14P2. The summed E-state index contributed by atoms with van der Waals surface area (Å²) >= 11 is 0. The minimum absolute atomic E-state index is 0.113. The van der Waals surface area contributed by atoms with E-state index in [0.717, 1.165) is 70.1 Å². The normalized spacial score (nSPS) is 18.1. The van der Waals surface area contributed by atoms with Gasteiger partial charge in [-0.1, -0.05) is 123 Å². The van der Waals surface area contributed by atoms with Crippen LogP contribution in [0, 0.1) is 5.92 Å². The predicted molar refractivity (Wildman–Crippen MR) is 206 cm³/mol. The molecule has 1 rings (SSSR count). The molecule has 0 bridgehead atoms. The Morgan fingerprint density at radius 3 is 1.89 bits per heavy atom. The van der Waals surface area contributed by atoms with Crippen LogP contribution in [0.3, 0.4) is 0 Å². The van der Waals surface area contributed by atoms with E-state index in [1.807, 2.05) is 0 Å². The number of aliphatic hydroxyl groups is 1. The maximum Gasteiger partial charge on any atom is 0.472 e. The largest absolute Gasteiger partial charge is 0.472 e. The quantitative estimate of drug-likeness (QED) is 0.0152. The molecule has 4 N–H and O–H groups in total. The van der Waals surface area contributed by atoms with Crippen molar-refractivity contribution in [1.82, 2.24) is 0 Å². The number of hydrogen-bond donors (Lipinski definition) is 4. The van der Waals surface area contributed by atoms with Crippen molar-refractivity contribution in [2.45, 2.75) is 186 Å². The number of unbranched alkanes of at least 4 members (excludes halogenated alkanes) is 14. The average molecular weight is 815 g/mol. The lowest BCUT2D eigenvalue weighted by molar-refractivity contribution is -0.161. The summed E-state index contributed by atoms with van der Waals surface area (Å²) in [4.78, 5) is 52.5. The minimum Gasteiger partial charge on any atom is -0.462 e. The predicted octanol–water partition coefficient (Wildman–Crippen LogP) is 8.63. The molecule has 0 saturated carbocycles. The summed E-state index contributed by atoms with van der Waals surface area (Å²) in [6.45, 7) is 3.96. The molecule has 16 heteroatoms. The molecule has 0 amide bonds. The van der Waals surface area contributed by atoms with Crippen LogP contribution in [-0.4, -0.2) is 82.6 Å². The maximum absolute atomic E-state index is 12.6. The second-order valence-electron chi connectivity index (χ2n) is 14.8. The first-order chi connectivity index (χ1) is 25.7. The highest BCUT2D eigenvalue weighted by Gasteiger charge is 2.36. The number of hydrogen-bond acceptors (Lipinski definition) is 11. The number of carbonyl (C=O) groups is 2. The van der Waals surface area contributed by atoms with Crippen molar-refractivity contribution < 1.29 is 66.3 Å². The standard InChI is InChI=1S/C38H72O14P2/c1-4-5-18-24-35-36(52-35)25-20-15-11-7-9-13-17-22-27-38(41)51-34(31-50-54(45,46)49-29-33(39)28-48-53(42,43)44)30-47-37(40)26-21-16-12-8-6-10-14-19-23-32(2)3/h15,20,32-36,39H,4-14,16-19,21-31H2,1-3H3,(H,45,46)(H2,42,43,44)/b20-15-/t33-,34+,35?,36?/m0/s1. The Morgan fingerprint density at radius 2 is 1.26 bits per heavy atom. The van der Waals surface area contributed by atoms with Gasteiger partial charge < -0.3 is 34.0 Å². The van der Waals surface area contributed by atoms with Gasteiger partial charge in [-0.3, -0.25) is 23.2 Å². The van der Waals surface area contributed by atoms with Gasteiger partial charge in [0.15, 0.2) is 6.10 Å². The number of allylic oxidation sites excluding steroid dienone is 1. The van der Waals surface area contributed by atoms with Gasteiger partial charge >= 0.3 is 27.6 Å². The fraction of sp³-hybridized carbons (Fsp3) is 0.895. The average Bonchev–Trinajstić information content (AvgIpc) is 3.86. The molecule has 14 nitrogen and oxygen atoms in total. The first-order valence-electron chi connectivity index (χ1n) is 20.4. The lowest BCUT2D eigenvalue weighted by Crippen LogP contribution is -2.30. The van der Waals surface area contributed by atoms with Crippen molar-refractivity contribution >= 4 is 27.6 Å². The van der Waals surface area contributed by atoms with Crippen molar-refractivity contribution in [3.63, 3.8) is 0 Å². The maximum atomic E-state index is 12.6. The van der Waals surface area contributed by atoms with Gasteiger partial charge in [0.1, 0.15) is 12.7 Å². The molecule has 0 aromatic carbocycles. The Morgan fingerprint density at radius 1 is 0.685 bits per heavy atom. The Labute approximate surface area is 324 Å². The summed E-state index contributed by atoms with van der Waals surface area (Å²) in [6, 6.07) is 0. The summed E-state index contributed by atoms with van der Waals surface area (Å²) in [6.07, 6.45) is 24.0. The fourth-order valence-electron chi connectivity index (χ4n) is 5.77. The fourth-order valence-corrected chi connectivity index (χ4v) is 6.93. The van der Waals surface area contributed by atoms with Crippen molar-refractivity contribution in [2.75, 3.05) is 26.4 Å². The Kier molecular flexibility index (Phi) is 29.1. The van der Waals surface area contributed by atoms with E-state index in [2.05, 4.69) is 42.0 Å². The number of rotatable bonds is 37. The number of carbonyl (C=O) groups excluding carboxylic acids is 2. The van der Waals surface area contributed by atoms with Crippen molar-refractivity contribution in [3.8, 4) is 0 Å². The second-order valence-corrected chi connectivity index (χ2v) is 17.5. The van der Waals surface area contributed by atoms with E-state index in [4.69, 9.17) is 28.5 Å². The number of aliphatic hydroxyl groups excluding tert-OH is 1. The van der Waals surface area contributed by atoms with E-state index in [9.17, 15) is 28.7 Å². The molecule has 0 spiro atoms. The van der Waals surface area contributed by atoms with Crippen molar-refractivity contribution in [1.29, 1.82) is 0 Å². The van der Waals surface area contributed by atoms with Gasteiger partial charge in [0.25, 0.3) is 0 Å². The first kappa shape index (κ1) is 50.8. The molecule has 5 atom stereocenters. The molecule has 1 saturated heterocycles. The van der Waals surface area contributed by atoms with E-state index in [1.54, 1.807) is 0 Å². The van der Waals surface area contributed by atoms with Crippen molar-refractivity contribution in [2.24, 2.45) is 5.92 Å². The molecular weight excluding hydrogens is 742 g/mol. The molecule has 0 aromatic rings. The zero-order valence-corrected chi connectivity index (χ0v) is 35.0. The van der Waals surface area contributed by atoms with Gasteiger partial charge in [-0.2, -0.15) is 0 Å². The summed E-state index contributed by atoms with van der Waals surface area (Å²) in [5.41, 5.74) is 0. The molecule has 318 valence electrons. The molecule has 1 fully saturated rings. The van der Waals surface area contributed by atoms with E-state index in [1.165, 1.54) is 51.4 Å². The molecule has 3 unspecified atom stereocenters. The highest BCUT2D eigenvalue weighted by Crippen LogP contribution is 2.44. The lowest BCUT2D eigenvalue weighted by atomic mass is 10.0. The summed E-state index contributed by atoms with van der Waals surface area (Å²) in [5.74, 6) is -0.309. The third-order valence-electron chi connectivity index (χ3n) is 9.00. The zero-order chi connectivity index (χ0) is 40.1. The van der Waals surface area contributed by atoms with E-state index < -0.39 is 59.6 Å². The summed E-state index contributed by atoms with van der Waals surface area (Å²) in [5, 5.41) is 9.72. The van der Waals surface area contributed by atoms with Crippen LogP contribution in [0.2, 0.25) is 0 Å². The van der Waals surface area contributed by atoms with Crippen LogP contribution in [0.5, 0.6) is 0 Å². The Bertz CT molecular complexity index is 1100. The van der Waals surface area contributed by atoms with Crippen LogP contribution in [0.1, 0.15) is 162 Å². The molecule has 0 aliphatic carbocycles. The Hall–Kier alpha value is -1.18. The topological polar surface area (TPSA) is 208 Å². The van der Waals surface area contributed by atoms with Crippen LogP contribution in [-0.2, 0) is 46.5 Å². The van der Waals surface area contributed by atoms with Gasteiger partial charge in [-0.05, 0) is 44.4 Å². The van der Waals surface area contributed by atoms with Crippen LogP contribution in [0.4, 0.5) is 0 Å². The molecule has 54 heavy (non-hydrogen) atoms. The van der Waals surface area contributed by atoms with Gasteiger partial charge in [0.2, 0.25) is 0 Å². The smallest absolute Gasteiger partial charge is 0.462 e. The number of epoxide rings is 1. The minimum atomic E-state index is -4.86. The van der Waals surface area contributed by atoms with Gasteiger partial charge in [-0.25, -0.2) is 9.13 Å². The van der Waals surface area contributed by atoms with E-state index in [0.29, 0.717) is 25.0 Å². The number of phosphoric acid groups is 2.